The first-order valence-electron chi connectivity index (χ1n) is 8.60. The minimum atomic E-state index is -4.47. The predicted octanol–water partition coefficient (Wildman–Crippen LogP) is 3.76. The first-order chi connectivity index (χ1) is 12.6. The summed E-state index contributed by atoms with van der Waals surface area (Å²) in [6.45, 7) is 3.51. The third kappa shape index (κ3) is 1.86. The lowest BCUT2D eigenvalue weighted by atomic mass is 9.59. The van der Waals surface area contributed by atoms with E-state index in [1.54, 1.807) is 13.8 Å². The average Bonchev–Trinajstić information content (AvgIpc) is 3.31. The van der Waals surface area contributed by atoms with Crippen molar-refractivity contribution in [2.45, 2.75) is 45.1 Å². The van der Waals surface area contributed by atoms with Gasteiger partial charge >= 0.3 is 6.18 Å². The molecule has 0 N–H and O–H groups in total. The number of hydrogen-bond acceptors (Lipinski definition) is 5. The summed E-state index contributed by atoms with van der Waals surface area (Å²) in [5.41, 5.74) is -2.40. The summed E-state index contributed by atoms with van der Waals surface area (Å²) >= 11 is 0.924. The standard InChI is InChI=1S/C18H15F3N2O3S/c1-16-11-5-6-12(26-11)17(16,2)14(25)23(13(16)24)15-22-9-4-3-8(18(19,20)21)7-10(9)27-15/h3-4,7,11-12H,5-6H2,1-2H3/t11-,12+,16+,17?/m0/s1. The maximum Gasteiger partial charge on any atom is 0.416 e. The van der Waals surface area contributed by atoms with Crippen LogP contribution in [0.2, 0.25) is 0 Å². The molecule has 2 bridgehead atoms. The van der Waals surface area contributed by atoms with Crippen LogP contribution in [-0.4, -0.2) is 29.0 Å². The molecule has 3 aliphatic rings. The quantitative estimate of drug-likeness (QED) is 0.689. The summed E-state index contributed by atoms with van der Waals surface area (Å²) in [5.74, 6) is -0.755. The zero-order valence-electron chi connectivity index (χ0n) is 14.5. The van der Waals surface area contributed by atoms with E-state index in [0.717, 1.165) is 41.2 Å². The third-order valence-electron chi connectivity index (χ3n) is 6.58. The second-order valence-corrected chi connectivity index (χ2v) is 8.73. The number of rotatable bonds is 1. The number of carbonyl (C=O) groups excluding carboxylic acids is 2. The van der Waals surface area contributed by atoms with E-state index in [0.29, 0.717) is 5.52 Å². The summed E-state index contributed by atoms with van der Waals surface area (Å²) in [6.07, 6.45) is -3.66. The van der Waals surface area contributed by atoms with E-state index in [9.17, 15) is 22.8 Å². The Morgan fingerprint density at radius 2 is 1.74 bits per heavy atom. The monoisotopic (exact) mass is 396 g/mol. The number of halogens is 3. The number of benzene rings is 1. The molecule has 142 valence electrons. The number of aromatic nitrogens is 1. The lowest BCUT2D eigenvalue weighted by Crippen LogP contribution is -2.48. The van der Waals surface area contributed by atoms with Crippen molar-refractivity contribution in [1.29, 1.82) is 0 Å². The molecule has 1 aromatic carbocycles. The van der Waals surface area contributed by atoms with Crippen LogP contribution in [0.1, 0.15) is 32.3 Å². The van der Waals surface area contributed by atoms with Gasteiger partial charge in [0.2, 0.25) is 11.8 Å². The zero-order valence-corrected chi connectivity index (χ0v) is 15.3. The van der Waals surface area contributed by atoms with Crippen LogP contribution >= 0.6 is 11.3 Å². The highest BCUT2D eigenvalue weighted by molar-refractivity contribution is 7.22. The number of nitrogens with zero attached hydrogens (tertiary/aromatic N) is 2. The lowest BCUT2D eigenvalue weighted by Gasteiger charge is -2.36. The smallest absolute Gasteiger partial charge is 0.373 e. The molecule has 5 rings (SSSR count). The number of imide groups is 1. The summed E-state index contributed by atoms with van der Waals surface area (Å²) in [7, 11) is 0. The van der Waals surface area contributed by atoms with Crippen LogP contribution in [-0.2, 0) is 20.5 Å². The van der Waals surface area contributed by atoms with Gasteiger partial charge in [0, 0.05) is 0 Å². The third-order valence-corrected chi connectivity index (χ3v) is 7.58. The molecule has 0 saturated carbocycles. The van der Waals surface area contributed by atoms with E-state index in [4.69, 9.17) is 4.74 Å². The van der Waals surface area contributed by atoms with Crippen LogP contribution in [0.3, 0.4) is 0 Å². The van der Waals surface area contributed by atoms with Gasteiger partial charge in [-0.15, -0.1) is 0 Å². The van der Waals surface area contributed by atoms with Crippen molar-refractivity contribution in [2.75, 3.05) is 4.90 Å². The zero-order chi connectivity index (χ0) is 19.4. The maximum atomic E-state index is 13.2. The van der Waals surface area contributed by atoms with Crippen LogP contribution in [0.4, 0.5) is 18.3 Å². The fraction of sp³-hybridized carbons (Fsp3) is 0.500. The molecule has 0 spiro atoms. The Kier molecular flexibility index (Phi) is 3.10. The van der Waals surface area contributed by atoms with Gasteiger partial charge in [-0.05, 0) is 44.9 Å². The second kappa shape index (κ2) is 4.88. The first kappa shape index (κ1) is 17.1. The molecule has 1 unspecified atom stereocenters. The van der Waals surface area contributed by atoms with Crippen molar-refractivity contribution in [2.24, 2.45) is 10.8 Å². The van der Waals surface area contributed by atoms with Crippen molar-refractivity contribution in [3.8, 4) is 0 Å². The highest BCUT2D eigenvalue weighted by atomic mass is 32.1. The molecule has 4 atom stereocenters. The SMILES string of the molecule is CC12C(=O)N(c3nc4ccc(C(F)(F)F)cc4s3)C(=O)[C@@]1(C)[C@@H]1CC[C@H]2O1. The van der Waals surface area contributed by atoms with Gasteiger partial charge in [-0.25, -0.2) is 9.88 Å². The lowest BCUT2D eigenvalue weighted by molar-refractivity contribution is -0.137. The van der Waals surface area contributed by atoms with Gasteiger partial charge in [0.15, 0.2) is 5.13 Å². The Bertz CT molecular complexity index is 985. The van der Waals surface area contributed by atoms with E-state index in [2.05, 4.69) is 4.98 Å². The van der Waals surface area contributed by atoms with Gasteiger partial charge < -0.3 is 4.74 Å². The summed E-state index contributed by atoms with van der Waals surface area (Å²) in [5, 5.41) is 0.121. The van der Waals surface area contributed by atoms with Gasteiger partial charge in [-0.1, -0.05) is 11.3 Å². The van der Waals surface area contributed by atoms with E-state index in [-0.39, 0.29) is 33.9 Å². The van der Waals surface area contributed by atoms with Crippen LogP contribution in [0.15, 0.2) is 18.2 Å². The van der Waals surface area contributed by atoms with Crippen LogP contribution in [0, 0.1) is 10.8 Å². The number of anilines is 1. The molecular formula is C18H15F3N2O3S. The Morgan fingerprint density at radius 1 is 1.15 bits per heavy atom. The highest BCUT2D eigenvalue weighted by Gasteiger charge is 2.77. The molecule has 2 aromatic rings. The molecular weight excluding hydrogens is 381 g/mol. The van der Waals surface area contributed by atoms with Crippen molar-refractivity contribution in [3.63, 3.8) is 0 Å². The van der Waals surface area contributed by atoms with Gasteiger partial charge in [0.1, 0.15) is 0 Å². The largest absolute Gasteiger partial charge is 0.416 e. The Morgan fingerprint density at radius 3 is 2.30 bits per heavy atom. The molecule has 3 aliphatic heterocycles. The molecule has 2 amide bonds. The summed E-state index contributed by atoms with van der Waals surface area (Å²) in [4.78, 5) is 31.8. The predicted molar refractivity (Wildman–Crippen MR) is 91.2 cm³/mol. The fourth-order valence-corrected chi connectivity index (χ4v) is 5.79. The molecule has 9 heteroatoms. The molecule has 3 saturated heterocycles. The van der Waals surface area contributed by atoms with Gasteiger partial charge in [-0.2, -0.15) is 13.2 Å². The van der Waals surface area contributed by atoms with Crippen LogP contribution in [0.25, 0.3) is 10.2 Å². The normalized spacial score (nSPS) is 35.5. The van der Waals surface area contributed by atoms with E-state index in [1.165, 1.54) is 6.07 Å². The Balaban J connectivity index is 1.61. The number of thiazole rings is 1. The molecule has 1 aromatic heterocycles. The minimum absolute atomic E-state index is 0.121. The van der Waals surface area contributed by atoms with Gasteiger partial charge in [0.25, 0.3) is 0 Å². The Labute approximate surface area is 156 Å². The molecule has 5 nitrogen and oxygen atoms in total. The number of ether oxygens (including phenoxy) is 1. The second-order valence-electron chi connectivity index (χ2n) is 7.72. The van der Waals surface area contributed by atoms with Crippen molar-refractivity contribution >= 4 is 38.5 Å². The molecule has 4 heterocycles. The van der Waals surface area contributed by atoms with E-state index < -0.39 is 22.6 Å². The number of alkyl halides is 3. The molecule has 27 heavy (non-hydrogen) atoms. The topological polar surface area (TPSA) is 59.5 Å². The van der Waals surface area contributed by atoms with Gasteiger partial charge in [0.05, 0.1) is 38.8 Å². The minimum Gasteiger partial charge on any atom is -0.373 e. The Hall–Kier alpha value is -2.00. The van der Waals surface area contributed by atoms with Crippen molar-refractivity contribution < 1.29 is 27.5 Å². The molecule has 0 aliphatic carbocycles. The fourth-order valence-electron chi connectivity index (χ4n) is 4.79. The molecule has 3 fully saturated rings. The summed E-state index contributed by atoms with van der Waals surface area (Å²) in [6, 6.07) is 3.21. The van der Waals surface area contributed by atoms with Crippen LogP contribution in [0.5, 0.6) is 0 Å². The highest BCUT2D eigenvalue weighted by Crippen LogP contribution is 2.64. The average molecular weight is 396 g/mol. The number of carbonyl (C=O) groups is 2. The maximum absolute atomic E-state index is 13.2. The van der Waals surface area contributed by atoms with Crippen LogP contribution < -0.4 is 4.90 Å². The number of fused-ring (bicyclic) bond motifs is 6. The number of hydrogen-bond donors (Lipinski definition) is 0. The van der Waals surface area contributed by atoms with Crippen molar-refractivity contribution in [1.82, 2.24) is 4.98 Å². The number of amides is 2. The van der Waals surface area contributed by atoms with Gasteiger partial charge in [-0.3, -0.25) is 9.59 Å². The van der Waals surface area contributed by atoms with Crippen molar-refractivity contribution in [3.05, 3.63) is 23.8 Å². The summed E-state index contributed by atoms with van der Waals surface area (Å²) < 4.78 is 45.0. The first-order valence-corrected chi connectivity index (χ1v) is 9.42. The van der Waals surface area contributed by atoms with E-state index in [1.807, 2.05) is 0 Å². The van der Waals surface area contributed by atoms with E-state index >= 15 is 0 Å². The molecule has 0 radical (unpaired) electrons.